The predicted molar refractivity (Wildman–Crippen MR) is 68.9 cm³/mol. The summed E-state index contributed by atoms with van der Waals surface area (Å²) in [5, 5.41) is 7.06. The molecule has 0 aliphatic heterocycles. The second-order valence-corrected chi connectivity index (χ2v) is 7.25. The average molecular weight is 272 g/mol. The van der Waals surface area contributed by atoms with E-state index in [0.29, 0.717) is 13.0 Å². The summed E-state index contributed by atoms with van der Waals surface area (Å²) >= 11 is 0. The molecule has 18 heavy (non-hydrogen) atoms. The molecular formula is C11H20N4O2S. The predicted octanol–water partition coefficient (Wildman–Crippen LogP) is 0.526. The molecule has 1 aliphatic rings. The topological polar surface area (TPSA) is 76.9 Å². The molecule has 1 fully saturated rings. The highest BCUT2D eigenvalue weighted by Crippen LogP contribution is 2.31. The Bertz CT molecular complexity index is 497. The number of aromatic nitrogens is 3. The minimum atomic E-state index is -2.95. The van der Waals surface area contributed by atoms with Gasteiger partial charge < -0.3 is 5.32 Å². The van der Waals surface area contributed by atoms with Crippen LogP contribution in [0.5, 0.6) is 0 Å². The van der Waals surface area contributed by atoms with Crippen molar-refractivity contribution in [3.8, 4) is 0 Å². The largest absolute Gasteiger partial charge is 0.313 e. The second-order valence-electron chi connectivity index (χ2n) is 4.92. The summed E-state index contributed by atoms with van der Waals surface area (Å²) in [7, 11) is -1.09. The molecule has 0 aromatic carbocycles. The van der Waals surface area contributed by atoms with Crippen molar-refractivity contribution >= 4 is 9.84 Å². The van der Waals surface area contributed by atoms with E-state index in [1.54, 1.807) is 0 Å². The Morgan fingerprint density at radius 1 is 1.50 bits per heavy atom. The molecular weight excluding hydrogens is 252 g/mol. The van der Waals surface area contributed by atoms with Crippen molar-refractivity contribution in [2.45, 2.75) is 43.5 Å². The van der Waals surface area contributed by atoms with E-state index in [-0.39, 0.29) is 11.3 Å². The first kappa shape index (κ1) is 13.5. The Labute approximate surface area is 108 Å². The Balaban J connectivity index is 2.15. The molecule has 1 aromatic heterocycles. The van der Waals surface area contributed by atoms with Crippen molar-refractivity contribution in [1.29, 1.82) is 0 Å². The molecule has 2 rings (SSSR count). The van der Waals surface area contributed by atoms with E-state index < -0.39 is 9.84 Å². The van der Waals surface area contributed by atoms with Crippen LogP contribution in [0.3, 0.4) is 0 Å². The van der Waals surface area contributed by atoms with Gasteiger partial charge in [-0.25, -0.2) is 18.1 Å². The van der Waals surface area contributed by atoms with Crippen molar-refractivity contribution in [3.05, 3.63) is 12.2 Å². The van der Waals surface area contributed by atoms with Gasteiger partial charge in [0.05, 0.1) is 17.8 Å². The van der Waals surface area contributed by atoms with Crippen molar-refractivity contribution in [1.82, 2.24) is 20.1 Å². The maximum absolute atomic E-state index is 11.7. The minimum absolute atomic E-state index is 0.157. The Kier molecular flexibility index (Phi) is 4.01. The van der Waals surface area contributed by atoms with Crippen LogP contribution in [0, 0.1) is 0 Å². The Morgan fingerprint density at radius 2 is 2.28 bits per heavy atom. The third kappa shape index (κ3) is 2.89. The molecule has 1 heterocycles. The zero-order valence-electron chi connectivity index (χ0n) is 10.8. The molecule has 1 aromatic rings. The fourth-order valence-electron chi connectivity index (χ4n) is 2.59. The van der Waals surface area contributed by atoms with Crippen LogP contribution < -0.4 is 5.32 Å². The first-order valence-corrected chi connectivity index (χ1v) is 8.19. The zero-order valence-corrected chi connectivity index (χ0v) is 11.7. The summed E-state index contributed by atoms with van der Waals surface area (Å²) in [6.45, 7) is 0.653. The van der Waals surface area contributed by atoms with E-state index in [2.05, 4.69) is 15.4 Å². The number of hydrogen-bond donors (Lipinski definition) is 1. The van der Waals surface area contributed by atoms with Crippen LogP contribution in [0.15, 0.2) is 6.33 Å². The summed E-state index contributed by atoms with van der Waals surface area (Å²) < 4.78 is 25.2. The highest BCUT2D eigenvalue weighted by atomic mass is 32.2. The van der Waals surface area contributed by atoms with Gasteiger partial charge in [0, 0.05) is 6.26 Å². The lowest BCUT2D eigenvalue weighted by Gasteiger charge is -2.28. The minimum Gasteiger partial charge on any atom is -0.313 e. The van der Waals surface area contributed by atoms with E-state index in [0.717, 1.165) is 25.1 Å². The van der Waals surface area contributed by atoms with E-state index in [1.807, 2.05) is 11.7 Å². The number of rotatable bonds is 4. The third-order valence-electron chi connectivity index (χ3n) is 3.53. The summed E-state index contributed by atoms with van der Waals surface area (Å²) in [6, 6.07) is 0.157. The van der Waals surface area contributed by atoms with Crippen LogP contribution in [0.4, 0.5) is 0 Å². The van der Waals surface area contributed by atoms with Gasteiger partial charge in [0.15, 0.2) is 0 Å². The van der Waals surface area contributed by atoms with Gasteiger partial charge in [0.25, 0.3) is 0 Å². The molecule has 2 atom stereocenters. The molecule has 1 N–H and O–H groups in total. The lowest BCUT2D eigenvalue weighted by Crippen LogP contribution is -2.30. The summed E-state index contributed by atoms with van der Waals surface area (Å²) in [6.07, 6.45) is 6.20. The molecule has 7 heteroatoms. The Hall–Kier alpha value is -0.950. The first-order valence-electron chi connectivity index (χ1n) is 6.24. The van der Waals surface area contributed by atoms with E-state index in [9.17, 15) is 8.42 Å². The van der Waals surface area contributed by atoms with Crippen molar-refractivity contribution in [2.24, 2.45) is 0 Å². The van der Waals surface area contributed by atoms with Crippen LogP contribution in [-0.2, 0) is 16.4 Å². The summed E-state index contributed by atoms with van der Waals surface area (Å²) in [4.78, 5) is 4.21. The molecule has 0 bridgehead atoms. The fraction of sp³-hybridized carbons (Fsp3) is 0.818. The molecule has 1 saturated carbocycles. The molecule has 102 valence electrons. The van der Waals surface area contributed by atoms with Crippen molar-refractivity contribution in [2.75, 3.05) is 13.3 Å². The highest BCUT2D eigenvalue weighted by Gasteiger charge is 2.30. The van der Waals surface area contributed by atoms with Gasteiger partial charge in [0.1, 0.15) is 22.0 Å². The smallest absolute Gasteiger partial charge is 0.150 e. The normalized spacial score (nSPS) is 25.2. The molecule has 0 saturated heterocycles. The number of sulfone groups is 1. The summed E-state index contributed by atoms with van der Waals surface area (Å²) in [5.74, 6) is 0.872. The first-order chi connectivity index (χ1) is 8.52. The molecule has 0 spiro atoms. The molecule has 0 radical (unpaired) electrons. The lowest BCUT2D eigenvalue weighted by atomic mass is 9.95. The van der Waals surface area contributed by atoms with Gasteiger partial charge in [0.2, 0.25) is 0 Å². The SMILES string of the molecule is CNCc1ncnn1C1CCCC(S(C)(=O)=O)C1. The summed E-state index contributed by atoms with van der Waals surface area (Å²) in [5.41, 5.74) is 0. The molecule has 0 amide bonds. The fourth-order valence-corrected chi connectivity index (χ4v) is 3.76. The maximum atomic E-state index is 11.7. The number of nitrogens with zero attached hydrogens (tertiary/aromatic N) is 3. The van der Waals surface area contributed by atoms with Gasteiger partial charge in [-0.3, -0.25) is 0 Å². The van der Waals surface area contributed by atoms with Crippen LogP contribution in [0.1, 0.15) is 37.5 Å². The van der Waals surface area contributed by atoms with Crippen LogP contribution in [0.2, 0.25) is 0 Å². The van der Waals surface area contributed by atoms with Gasteiger partial charge in [-0.2, -0.15) is 5.10 Å². The third-order valence-corrected chi connectivity index (χ3v) is 5.17. The molecule has 2 unspecified atom stereocenters. The van der Waals surface area contributed by atoms with Crippen molar-refractivity contribution in [3.63, 3.8) is 0 Å². The van der Waals surface area contributed by atoms with Crippen LogP contribution >= 0.6 is 0 Å². The number of nitrogens with one attached hydrogen (secondary N) is 1. The van der Waals surface area contributed by atoms with Gasteiger partial charge in [-0.1, -0.05) is 6.42 Å². The molecule has 1 aliphatic carbocycles. The standard InChI is InChI=1S/C11H20N4O2S/c1-12-7-11-13-8-14-15(11)9-4-3-5-10(6-9)18(2,16)17/h8-10,12H,3-7H2,1-2H3. The van der Waals surface area contributed by atoms with Crippen LogP contribution in [-0.4, -0.2) is 41.7 Å². The monoisotopic (exact) mass is 272 g/mol. The molecule has 6 nitrogen and oxygen atoms in total. The van der Waals surface area contributed by atoms with E-state index >= 15 is 0 Å². The number of hydrogen-bond acceptors (Lipinski definition) is 5. The second kappa shape index (κ2) is 5.36. The van der Waals surface area contributed by atoms with E-state index in [1.165, 1.54) is 12.6 Å². The van der Waals surface area contributed by atoms with Gasteiger partial charge in [-0.15, -0.1) is 0 Å². The van der Waals surface area contributed by atoms with Crippen molar-refractivity contribution < 1.29 is 8.42 Å². The van der Waals surface area contributed by atoms with Crippen LogP contribution in [0.25, 0.3) is 0 Å². The average Bonchev–Trinajstić information content (AvgIpc) is 2.77. The van der Waals surface area contributed by atoms with E-state index in [4.69, 9.17) is 0 Å². The van der Waals surface area contributed by atoms with Gasteiger partial charge >= 0.3 is 0 Å². The Morgan fingerprint density at radius 3 is 2.94 bits per heavy atom. The maximum Gasteiger partial charge on any atom is 0.150 e. The highest BCUT2D eigenvalue weighted by molar-refractivity contribution is 7.91. The lowest BCUT2D eigenvalue weighted by molar-refractivity contribution is 0.319. The quantitative estimate of drug-likeness (QED) is 0.865. The van der Waals surface area contributed by atoms with Gasteiger partial charge in [-0.05, 0) is 26.3 Å². The zero-order chi connectivity index (χ0) is 13.2.